The van der Waals surface area contributed by atoms with Gasteiger partial charge in [0.15, 0.2) is 0 Å². The first-order chi connectivity index (χ1) is 9.91. The lowest BCUT2D eigenvalue weighted by molar-refractivity contribution is -0.126. The molecule has 0 spiro atoms. The highest BCUT2D eigenvalue weighted by Gasteiger charge is 2.30. The van der Waals surface area contributed by atoms with Crippen molar-refractivity contribution in [3.8, 4) is 0 Å². The highest BCUT2D eigenvalue weighted by atomic mass is 79.9. The molecule has 1 amide bonds. The molecule has 1 unspecified atom stereocenters. The van der Waals surface area contributed by atoms with Crippen LogP contribution < -0.4 is 11.1 Å². The molecule has 8 heteroatoms. The Balaban J connectivity index is 0.00000242. The number of benzene rings is 1. The molecule has 1 aromatic carbocycles. The lowest BCUT2D eigenvalue weighted by Crippen LogP contribution is -2.49. The summed E-state index contributed by atoms with van der Waals surface area (Å²) in [7, 11) is 0. The van der Waals surface area contributed by atoms with E-state index in [2.05, 4.69) is 26.2 Å². The third kappa shape index (κ3) is 5.49. The minimum absolute atomic E-state index is 0. The number of nitrogens with zero attached hydrogens (tertiary/aromatic N) is 2. The number of aromatic nitrogens is 2. The lowest BCUT2D eigenvalue weighted by atomic mass is 9.92. The predicted octanol–water partition coefficient (Wildman–Crippen LogP) is 2.79. The molecule has 0 saturated carbocycles. The number of nitrogens with two attached hydrogens (primary N) is 1. The summed E-state index contributed by atoms with van der Waals surface area (Å²) < 4.78 is 2.94. The van der Waals surface area contributed by atoms with Gasteiger partial charge in [-0.3, -0.25) is 4.79 Å². The molecule has 1 heterocycles. The first-order valence-corrected chi connectivity index (χ1v) is 7.51. The van der Waals surface area contributed by atoms with Gasteiger partial charge in [-0.05, 0) is 31.5 Å². The Labute approximate surface area is 157 Å². The number of imidazole rings is 1. The van der Waals surface area contributed by atoms with Crippen LogP contribution in [0.3, 0.4) is 0 Å². The van der Waals surface area contributed by atoms with Crippen LogP contribution in [0, 0.1) is 6.92 Å². The van der Waals surface area contributed by atoms with Crippen molar-refractivity contribution >= 4 is 46.7 Å². The molecule has 3 N–H and O–H groups in total. The maximum absolute atomic E-state index is 12.3. The standard InChI is InChI=1S/C15H19BrN4O.2ClH/c1-11-18-7-9-20(11)10-8-19-14(21)15(2,17)12-3-5-13(16)6-4-12;;/h3-7,9H,8,10,17H2,1-2H3,(H,19,21);2*1H. The number of hydrogen-bond acceptors (Lipinski definition) is 3. The van der Waals surface area contributed by atoms with Crippen molar-refractivity contribution in [2.75, 3.05) is 6.54 Å². The molecule has 0 radical (unpaired) electrons. The van der Waals surface area contributed by atoms with Crippen molar-refractivity contribution in [1.29, 1.82) is 0 Å². The Bertz CT molecular complexity index is 629. The second-order valence-corrected chi connectivity index (χ2v) is 6.05. The van der Waals surface area contributed by atoms with E-state index in [4.69, 9.17) is 5.73 Å². The third-order valence-electron chi connectivity index (χ3n) is 3.48. The minimum Gasteiger partial charge on any atom is -0.352 e. The predicted molar refractivity (Wildman–Crippen MR) is 100 cm³/mol. The topological polar surface area (TPSA) is 72.9 Å². The molecule has 0 aliphatic heterocycles. The summed E-state index contributed by atoms with van der Waals surface area (Å²) >= 11 is 3.37. The smallest absolute Gasteiger partial charge is 0.244 e. The Kier molecular flexibility index (Phi) is 8.84. The Morgan fingerprint density at radius 1 is 1.35 bits per heavy atom. The van der Waals surface area contributed by atoms with E-state index >= 15 is 0 Å². The average Bonchev–Trinajstić information content (AvgIpc) is 2.85. The van der Waals surface area contributed by atoms with Crippen molar-refractivity contribution in [3.63, 3.8) is 0 Å². The number of carbonyl (C=O) groups is 1. The molecule has 0 fully saturated rings. The Hall–Kier alpha value is -1.08. The van der Waals surface area contributed by atoms with Crippen LogP contribution in [-0.4, -0.2) is 22.0 Å². The molecular weight excluding hydrogens is 403 g/mol. The van der Waals surface area contributed by atoms with Crippen molar-refractivity contribution in [2.45, 2.75) is 25.9 Å². The normalized spacial score (nSPS) is 12.5. The van der Waals surface area contributed by atoms with E-state index in [9.17, 15) is 4.79 Å². The molecular formula is C15H21BrCl2N4O. The third-order valence-corrected chi connectivity index (χ3v) is 4.01. The van der Waals surface area contributed by atoms with E-state index < -0.39 is 5.54 Å². The summed E-state index contributed by atoms with van der Waals surface area (Å²) in [5.74, 6) is 0.732. The fraction of sp³-hybridized carbons (Fsp3) is 0.333. The molecule has 2 aromatic rings. The summed E-state index contributed by atoms with van der Waals surface area (Å²) in [6.45, 7) is 4.83. The van der Waals surface area contributed by atoms with E-state index in [1.165, 1.54) is 0 Å². The van der Waals surface area contributed by atoms with Crippen LogP contribution in [-0.2, 0) is 16.9 Å². The monoisotopic (exact) mass is 422 g/mol. The van der Waals surface area contributed by atoms with E-state index in [-0.39, 0.29) is 30.7 Å². The first-order valence-electron chi connectivity index (χ1n) is 6.72. The van der Waals surface area contributed by atoms with Crippen LogP contribution in [0.1, 0.15) is 18.3 Å². The second-order valence-electron chi connectivity index (χ2n) is 5.13. The van der Waals surface area contributed by atoms with Crippen LogP contribution in [0.4, 0.5) is 0 Å². The largest absolute Gasteiger partial charge is 0.352 e. The molecule has 1 atom stereocenters. The zero-order valence-electron chi connectivity index (χ0n) is 13.0. The van der Waals surface area contributed by atoms with Crippen molar-refractivity contribution < 1.29 is 4.79 Å². The number of aryl methyl sites for hydroxylation is 1. The number of halogens is 3. The summed E-state index contributed by atoms with van der Waals surface area (Å²) in [6, 6.07) is 7.46. The van der Waals surface area contributed by atoms with E-state index in [0.717, 1.165) is 15.9 Å². The molecule has 0 saturated heterocycles. The summed E-state index contributed by atoms with van der Waals surface area (Å²) in [4.78, 5) is 16.4. The minimum atomic E-state index is -1.05. The van der Waals surface area contributed by atoms with Crippen molar-refractivity contribution in [1.82, 2.24) is 14.9 Å². The van der Waals surface area contributed by atoms with Gasteiger partial charge in [0, 0.05) is 30.0 Å². The highest BCUT2D eigenvalue weighted by Crippen LogP contribution is 2.20. The van der Waals surface area contributed by atoms with E-state index in [1.54, 1.807) is 13.1 Å². The van der Waals surface area contributed by atoms with Gasteiger partial charge in [0.1, 0.15) is 11.4 Å². The van der Waals surface area contributed by atoms with Gasteiger partial charge < -0.3 is 15.6 Å². The number of hydrogen-bond donors (Lipinski definition) is 2. The fourth-order valence-electron chi connectivity index (χ4n) is 2.04. The molecule has 23 heavy (non-hydrogen) atoms. The number of rotatable bonds is 5. The van der Waals surface area contributed by atoms with Crippen LogP contribution in [0.5, 0.6) is 0 Å². The lowest BCUT2D eigenvalue weighted by Gasteiger charge is -2.24. The SMILES string of the molecule is Cc1nccn1CCNC(=O)C(C)(N)c1ccc(Br)cc1.Cl.Cl. The van der Waals surface area contributed by atoms with Crippen LogP contribution >= 0.6 is 40.7 Å². The maximum Gasteiger partial charge on any atom is 0.244 e. The highest BCUT2D eigenvalue weighted by molar-refractivity contribution is 9.10. The van der Waals surface area contributed by atoms with Gasteiger partial charge in [-0.2, -0.15) is 0 Å². The molecule has 2 rings (SSSR count). The average molecular weight is 424 g/mol. The molecule has 0 aliphatic rings. The number of amides is 1. The maximum atomic E-state index is 12.3. The van der Waals surface area contributed by atoms with E-state index in [0.29, 0.717) is 13.1 Å². The van der Waals surface area contributed by atoms with Gasteiger partial charge >= 0.3 is 0 Å². The van der Waals surface area contributed by atoms with Gasteiger partial charge in [-0.25, -0.2) is 4.98 Å². The quantitative estimate of drug-likeness (QED) is 0.776. The Morgan fingerprint density at radius 3 is 2.48 bits per heavy atom. The molecule has 0 bridgehead atoms. The zero-order valence-corrected chi connectivity index (χ0v) is 16.2. The van der Waals surface area contributed by atoms with Crippen molar-refractivity contribution in [2.24, 2.45) is 5.73 Å². The van der Waals surface area contributed by atoms with Gasteiger partial charge in [0.2, 0.25) is 5.91 Å². The Morgan fingerprint density at radius 2 is 1.96 bits per heavy atom. The number of carbonyl (C=O) groups excluding carboxylic acids is 1. The van der Waals surface area contributed by atoms with Gasteiger partial charge in [0.05, 0.1) is 0 Å². The molecule has 128 valence electrons. The fourth-order valence-corrected chi connectivity index (χ4v) is 2.31. The first kappa shape index (κ1) is 21.9. The van der Waals surface area contributed by atoms with Crippen LogP contribution in [0.2, 0.25) is 0 Å². The van der Waals surface area contributed by atoms with Gasteiger partial charge in [-0.15, -0.1) is 24.8 Å². The summed E-state index contributed by atoms with van der Waals surface area (Å²) in [5.41, 5.74) is 5.90. The van der Waals surface area contributed by atoms with Crippen LogP contribution in [0.15, 0.2) is 41.1 Å². The molecule has 1 aromatic heterocycles. The summed E-state index contributed by atoms with van der Waals surface area (Å²) in [5, 5.41) is 2.88. The van der Waals surface area contributed by atoms with Gasteiger partial charge in [-0.1, -0.05) is 28.1 Å². The van der Waals surface area contributed by atoms with Crippen molar-refractivity contribution in [3.05, 3.63) is 52.5 Å². The van der Waals surface area contributed by atoms with Crippen LogP contribution in [0.25, 0.3) is 0 Å². The van der Waals surface area contributed by atoms with Gasteiger partial charge in [0.25, 0.3) is 0 Å². The zero-order chi connectivity index (χ0) is 15.5. The number of nitrogens with one attached hydrogen (secondary N) is 1. The second kappa shape index (κ2) is 9.27. The van der Waals surface area contributed by atoms with E-state index in [1.807, 2.05) is 42.0 Å². The molecule has 5 nitrogen and oxygen atoms in total. The summed E-state index contributed by atoms with van der Waals surface area (Å²) in [6.07, 6.45) is 3.63. The molecule has 0 aliphatic carbocycles.